The Morgan fingerprint density at radius 1 is 1.62 bits per heavy atom. The van der Waals surface area contributed by atoms with Gasteiger partial charge in [-0.1, -0.05) is 0 Å². The van der Waals surface area contributed by atoms with Crippen molar-refractivity contribution in [3.05, 3.63) is 27.6 Å². The van der Waals surface area contributed by atoms with Crippen molar-refractivity contribution < 1.29 is 4.79 Å². The van der Waals surface area contributed by atoms with Crippen LogP contribution in [0, 0.1) is 3.57 Å². The summed E-state index contributed by atoms with van der Waals surface area (Å²) in [6, 6.07) is 1.83. The number of carbonyl (C=O) groups excluding carboxylic acids is 1. The molecule has 3 nitrogen and oxygen atoms in total. The highest BCUT2D eigenvalue weighted by molar-refractivity contribution is 14.1. The number of carbonyl (C=O) groups is 1. The van der Waals surface area contributed by atoms with Crippen molar-refractivity contribution in [2.45, 2.75) is 6.92 Å². The zero-order valence-corrected chi connectivity index (χ0v) is 9.12. The van der Waals surface area contributed by atoms with Crippen LogP contribution in [-0.4, -0.2) is 15.8 Å². The van der Waals surface area contributed by atoms with Gasteiger partial charge in [-0.25, -0.2) is 0 Å². The van der Waals surface area contributed by atoms with Crippen LogP contribution in [0.1, 0.15) is 17.3 Å². The monoisotopic (exact) mass is 286 g/mol. The highest BCUT2D eigenvalue weighted by Gasteiger charge is 2.05. The Labute approximate surface area is 88.7 Å². The number of hydrogen-bond acceptors (Lipinski definition) is 2. The molecule has 0 unspecified atom stereocenters. The van der Waals surface area contributed by atoms with Gasteiger partial charge in [0, 0.05) is 18.0 Å². The van der Waals surface area contributed by atoms with Crippen molar-refractivity contribution >= 4 is 39.4 Å². The highest BCUT2D eigenvalue weighted by atomic mass is 127. The number of H-pyrrole nitrogens is 1. The summed E-state index contributed by atoms with van der Waals surface area (Å²) in [5.41, 5.74) is 2.48. The first-order valence-electron chi connectivity index (χ1n) is 3.82. The fourth-order valence-corrected chi connectivity index (χ4v) is 1.75. The molecule has 4 heteroatoms. The molecule has 0 radical (unpaired) electrons. The van der Waals surface area contributed by atoms with Gasteiger partial charge in [-0.15, -0.1) is 0 Å². The van der Waals surface area contributed by atoms with E-state index < -0.39 is 0 Å². The molecule has 2 heterocycles. The molecule has 0 amide bonds. The quantitative estimate of drug-likeness (QED) is 0.646. The Kier molecular flexibility index (Phi) is 2.07. The number of rotatable bonds is 1. The topological polar surface area (TPSA) is 45.8 Å². The minimum Gasteiger partial charge on any atom is -0.359 e. The van der Waals surface area contributed by atoms with Crippen LogP contribution in [0.25, 0.3) is 11.0 Å². The molecule has 66 valence electrons. The third-order valence-electron chi connectivity index (χ3n) is 1.87. The summed E-state index contributed by atoms with van der Waals surface area (Å²) in [7, 11) is 0. The number of aromatic amines is 1. The van der Waals surface area contributed by atoms with Gasteiger partial charge in [0.05, 0.1) is 9.09 Å². The van der Waals surface area contributed by atoms with Crippen molar-refractivity contribution in [1.82, 2.24) is 9.97 Å². The van der Waals surface area contributed by atoms with Crippen LogP contribution in [0.2, 0.25) is 0 Å². The predicted octanol–water partition coefficient (Wildman–Crippen LogP) is 2.37. The first-order valence-corrected chi connectivity index (χ1v) is 4.90. The number of pyridine rings is 1. The molecule has 2 aromatic rings. The predicted molar refractivity (Wildman–Crippen MR) is 58.8 cm³/mol. The van der Waals surface area contributed by atoms with Crippen LogP contribution in [0.15, 0.2) is 18.5 Å². The molecular weight excluding hydrogens is 279 g/mol. The van der Waals surface area contributed by atoms with E-state index in [4.69, 9.17) is 0 Å². The molecule has 0 aliphatic heterocycles. The molecule has 0 aromatic carbocycles. The molecular formula is C9H7IN2O. The van der Waals surface area contributed by atoms with E-state index in [2.05, 4.69) is 32.6 Å². The summed E-state index contributed by atoms with van der Waals surface area (Å²) < 4.78 is 1.07. The summed E-state index contributed by atoms with van der Waals surface area (Å²) in [6.45, 7) is 1.54. The van der Waals surface area contributed by atoms with E-state index in [0.717, 1.165) is 14.6 Å². The maximum atomic E-state index is 11.0. The number of halogens is 1. The molecule has 0 saturated heterocycles. The second kappa shape index (κ2) is 3.10. The van der Waals surface area contributed by atoms with Crippen molar-refractivity contribution in [2.75, 3.05) is 0 Å². The number of Topliss-reactive ketones (excluding diaryl/α,β-unsaturated/α-hetero) is 1. The van der Waals surface area contributed by atoms with Gasteiger partial charge in [0.15, 0.2) is 5.78 Å². The maximum absolute atomic E-state index is 11.0. The molecule has 0 aliphatic rings. The molecule has 1 N–H and O–H groups in total. The van der Waals surface area contributed by atoms with Crippen LogP contribution >= 0.6 is 22.6 Å². The normalized spacial score (nSPS) is 10.6. The fourth-order valence-electron chi connectivity index (χ4n) is 1.17. The molecule has 2 aromatic heterocycles. The van der Waals surface area contributed by atoms with E-state index in [-0.39, 0.29) is 5.78 Å². The SMILES string of the molecule is CC(=O)c1cnc2c(I)c[nH]c2c1. The van der Waals surface area contributed by atoms with E-state index in [1.807, 2.05) is 12.3 Å². The number of nitrogens with zero attached hydrogens (tertiary/aromatic N) is 1. The van der Waals surface area contributed by atoms with Gasteiger partial charge in [-0.3, -0.25) is 9.78 Å². The Morgan fingerprint density at radius 2 is 2.38 bits per heavy atom. The Bertz CT molecular complexity index is 475. The third kappa shape index (κ3) is 1.46. The standard InChI is InChI=1S/C9H7IN2O/c1-5(13)6-2-8-9(12-3-6)7(10)4-11-8/h2-4,11H,1H3. The molecule has 0 bridgehead atoms. The van der Waals surface area contributed by atoms with E-state index in [1.54, 1.807) is 6.20 Å². The minimum absolute atomic E-state index is 0.0407. The van der Waals surface area contributed by atoms with Crippen molar-refractivity contribution in [1.29, 1.82) is 0 Å². The second-order valence-corrected chi connectivity index (χ2v) is 3.98. The largest absolute Gasteiger partial charge is 0.359 e. The molecule has 0 saturated carbocycles. The first-order chi connectivity index (χ1) is 6.18. The van der Waals surface area contributed by atoms with Gasteiger partial charge in [-0.2, -0.15) is 0 Å². The zero-order valence-electron chi connectivity index (χ0n) is 6.97. The number of hydrogen-bond donors (Lipinski definition) is 1. The highest BCUT2D eigenvalue weighted by Crippen LogP contribution is 2.18. The summed E-state index contributed by atoms with van der Waals surface area (Å²) in [4.78, 5) is 18.3. The smallest absolute Gasteiger partial charge is 0.161 e. The van der Waals surface area contributed by atoms with Gasteiger partial charge in [0.1, 0.15) is 5.52 Å². The van der Waals surface area contributed by atoms with Crippen molar-refractivity contribution in [2.24, 2.45) is 0 Å². The van der Waals surface area contributed by atoms with Gasteiger partial charge in [0.25, 0.3) is 0 Å². The van der Waals surface area contributed by atoms with Crippen molar-refractivity contribution in [3.8, 4) is 0 Å². The fraction of sp³-hybridized carbons (Fsp3) is 0.111. The van der Waals surface area contributed by atoms with E-state index in [1.165, 1.54) is 6.92 Å². The van der Waals surface area contributed by atoms with E-state index in [9.17, 15) is 4.79 Å². The lowest BCUT2D eigenvalue weighted by Gasteiger charge is -1.94. The van der Waals surface area contributed by atoms with Crippen LogP contribution in [-0.2, 0) is 0 Å². The summed E-state index contributed by atoms with van der Waals surface area (Å²) >= 11 is 2.20. The minimum atomic E-state index is 0.0407. The van der Waals surface area contributed by atoms with Gasteiger partial charge < -0.3 is 4.98 Å². The van der Waals surface area contributed by atoms with Gasteiger partial charge >= 0.3 is 0 Å². The summed E-state index contributed by atoms with van der Waals surface area (Å²) in [5, 5.41) is 0. The summed E-state index contributed by atoms with van der Waals surface area (Å²) in [6.07, 6.45) is 3.49. The Balaban J connectivity index is 2.70. The van der Waals surface area contributed by atoms with Crippen LogP contribution in [0.5, 0.6) is 0 Å². The molecule has 0 atom stereocenters. The number of aromatic nitrogens is 2. The van der Waals surface area contributed by atoms with Crippen LogP contribution < -0.4 is 0 Å². The lowest BCUT2D eigenvalue weighted by molar-refractivity contribution is 0.101. The second-order valence-electron chi connectivity index (χ2n) is 2.81. The van der Waals surface area contributed by atoms with Gasteiger partial charge in [-0.05, 0) is 35.6 Å². The average molecular weight is 286 g/mol. The molecule has 0 aliphatic carbocycles. The lowest BCUT2D eigenvalue weighted by Crippen LogP contribution is -1.92. The molecule has 0 fully saturated rings. The molecule has 2 rings (SSSR count). The van der Waals surface area contributed by atoms with E-state index in [0.29, 0.717) is 5.56 Å². The molecule has 0 spiro atoms. The Hall–Kier alpha value is -0.910. The van der Waals surface area contributed by atoms with E-state index >= 15 is 0 Å². The first kappa shape index (κ1) is 8.68. The van der Waals surface area contributed by atoms with Gasteiger partial charge in [0.2, 0.25) is 0 Å². The van der Waals surface area contributed by atoms with Crippen LogP contribution in [0.3, 0.4) is 0 Å². The average Bonchev–Trinajstić information content (AvgIpc) is 2.47. The Morgan fingerprint density at radius 3 is 3.08 bits per heavy atom. The number of fused-ring (bicyclic) bond motifs is 1. The third-order valence-corrected chi connectivity index (χ3v) is 2.70. The number of nitrogens with one attached hydrogen (secondary N) is 1. The lowest BCUT2D eigenvalue weighted by atomic mass is 10.2. The maximum Gasteiger partial charge on any atom is 0.161 e. The number of ketones is 1. The van der Waals surface area contributed by atoms with Crippen molar-refractivity contribution in [3.63, 3.8) is 0 Å². The molecule has 13 heavy (non-hydrogen) atoms. The summed E-state index contributed by atoms with van der Waals surface area (Å²) in [5.74, 6) is 0.0407. The van der Waals surface area contributed by atoms with Crippen LogP contribution in [0.4, 0.5) is 0 Å². The zero-order chi connectivity index (χ0) is 9.42.